The molecule has 0 saturated carbocycles. The normalized spacial score (nSPS) is 12.1. The van der Waals surface area contributed by atoms with Crippen LogP contribution >= 0.6 is 0 Å². The van der Waals surface area contributed by atoms with E-state index < -0.39 is 30.1 Å². The number of aliphatic hydroxyl groups excluding tert-OH is 1. The topological polar surface area (TPSA) is 134 Å². The van der Waals surface area contributed by atoms with Gasteiger partial charge in [0.05, 0.1) is 12.5 Å². The lowest BCUT2D eigenvalue weighted by atomic mass is 10.1. The Balaban J connectivity index is 1.43. The summed E-state index contributed by atoms with van der Waals surface area (Å²) in [4.78, 5) is 35.9. The summed E-state index contributed by atoms with van der Waals surface area (Å²) in [5.41, 5.74) is 2.48. The van der Waals surface area contributed by atoms with Gasteiger partial charge in [0, 0.05) is 13.0 Å². The van der Waals surface area contributed by atoms with Crippen LogP contribution in [0.5, 0.6) is 5.75 Å². The molecule has 2 atom stereocenters. The van der Waals surface area contributed by atoms with E-state index in [1.54, 1.807) is 36.4 Å². The van der Waals surface area contributed by atoms with Crippen LogP contribution in [0.15, 0.2) is 84.9 Å². The third-order valence-electron chi connectivity index (χ3n) is 5.34. The van der Waals surface area contributed by atoms with E-state index in [4.69, 9.17) is 9.47 Å². The number of carboxylic acid groups (broad SMARTS) is 1. The van der Waals surface area contributed by atoms with E-state index in [1.807, 2.05) is 48.5 Å². The number of benzene rings is 3. The highest BCUT2D eigenvalue weighted by Gasteiger charge is 2.22. The summed E-state index contributed by atoms with van der Waals surface area (Å²) >= 11 is 0. The average Bonchev–Trinajstić information content (AvgIpc) is 2.90. The molecule has 0 aliphatic heterocycles. The molecule has 2 amide bonds. The highest BCUT2D eigenvalue weighted by Crippen LogP contribution is 2.17. The second-order valence-corrected chi connectivity index (χ2v) is 8.38. The number of alkyl carbamates (subject to hydrolysis) is 1. The predicted octanol–water partition coefficient (Wildman–Crippen LogP) is 3.05. The fourth-order valence-corrected chi connectivity index (χ4v) is 3.45. The minimum atomic E-state index is -1.21. The van der Waals surface area contributed by atoms with E-state index in [0.29, 0.717) is 17.9 Å². The fraction of sp³-hybridized carbons (Fsp3) is 0.250. The average molecular weight is 507 g/mol. The summed E-state index contributed by atoms with van der Waals surface area (Å²) in [6.07, 6.45) is -2.30. The SMILES string of the molecule is O=C(C[C@@H](O)CNC(=O)OCc1ccccc1)N[C@@H](Cc1cccc(OCc2ccccc2)c1)C(=O)O. The van der Waals surface area contributed by atoms with Gasteiger partial charge in [0.15, 0.2) is 0 Å². The number of hydrogen-bond donors (Lipinski definition) is 4. The molecule has 0 aliphatic rings. The zero-order chi connectivity index (χ0) is 26.5. The molecule has 3 aromatic carbocycles. The maximum atomic E-state index is 12.3. The number of carbonyl (C=O) groups is 3. The summed E-state index contributed by atoms with van der Waals surface area (Å²) in [6.45, 7) is 0.219. The van der Waals surface area contributed by atoms with E-state index in [-0.39, 0.29) is 26.0 Å². The van der Waals surface area contributed by atoms with Crippen LogP contribution in [-0.2, 0) is 34.0 Å². The second-order valence-electron chi connectivity index (χ2n) is 8.38. The van der Waals surface area contributed by atoms with Crippen LogP contribution in [-0.4, -0.2) is 46.9 Å². The summed E-state index contributed by atoms with van der Waals surface area (Å²) in [6, 6.07) is 24.5. The molecule has 0 heterocycles. The zero-order valence-corrected chi connectivity index (χ0v) is 20.2. The molecule has 9 nitrogen and oxygen atoms in total. The maximum absolute atomic E-state index is 12.3. The molecule has 0 saturated heterocycles. The Kier molecular flexibility index (Phi) is 10.5. The Hall–Kier alpha value is -4.37. The summed E-state index contributed by atoms with van der Waals surface area (Å²) in [5.74, 6) is -1.28. The molecule has 0 fully saturated rings. The van der Waals surface area contributed by atoms with E-state index in [9.17, 15) is 24.6 Å². The van der Waals surface area contributed by atoms with Crippen molar-refractivity contribution in [2.75, 3.05) is 6.54 Å². The smallest absolute Gasteiger partial charge is 0.407 e. The van der Waals surface area contributed by atoms with Crippen molar-refractivity contribution in [2.24, 2.45) is 0 Å². The van der Waals surface area contributed by atoms with Gasteiger partial charge < -0.3 is 30.3 Å². The van der Waals surface area contributed by atoms with Crippen molar-refractivity contribution in [2.45, 2.75) is 38.2 Å². The molecule has 9 heteroatoms. The molecule has 0 radical (unpaired) electrons. The number of amides is 2. The Bertz CT molecular complexity index is 1160. The van der Waals surface area contributed by atoms with Gasteiger partial charge in [0.25, 0.3) is 0 Å². The lowest BCUT2D eigenvalue weighted by molar-refractivity contribution is -0.142. The first-order valence-corrected chi connectivity index (χ1v) is 11.8. The van der Waals surface area contributed by atoms with Crippen molar-refractivity contribution in [3.63, 3.8) is 0 Å². The summed E-state index contributed by atoms with van der Waals surface area (Å²) in [5, 5.41) is 24.5. The molecular formula is C28H30N2O7. The van der Waals surface area contributed by atoms with Gasteiger partial charge in [-0.15, -0.1) is 0 Å². The van der Waals surface area contributed by atoms with Crippen molar-refractivity contribution in [3.8, 4) is 5.75 Å². The molecule has 3 rings (SSSR count). The molecule has 0 aromatic heterocycles. The second kappa shape index (κ2) is 14.3. The Morgan fingerprint density at radius 1 is 0.811 bits per heavy atom. The first-order valence-electron chi connectivity index (χ1n) is 11.8. The number of ether oxygens (including phenoxy) is 2. The van der Waals surface area contributed by atoms with E-state index in [2.05, 4.69) is 10.6 Å². The Labute approximate surface area is 215 Å². The van der Waals surface area contributed by atoms with Gasteiger partial charge in [0.2, 0.25) is 5.91 Å². The lowest BCUT2D eigenvalue weighted by Crippen LogP contribution is -2.44. The van der Waals surface area contributed by atoms with Crippen LogP contribution in [0, 0.1) is 0 Å². The number of hydrogen-bond acceptors (Lipinski definition) is 6. The molecule has 0 unspecified atom stereocenters. The highest BCUT2D eigenvalue weighted by atomic mass is 16.5. The van der Waals surface area contributed by atoms with Crippen LogP contribution in [0.2, 0.25) is 0 Å². The van der Waals surface area contributed by atoms with Crippen LogP contribution in [0.4, 0.5) is 4.79 Å². The number of nitrogens with one attached hydrogen (secondary N) is 2. The van der Waals surface area contributed by atoms with Crippen molar-refractivity contribution < 1.29 is 34.1 Å². The lowest BCUT2D eigenvalue weighted by Gasteiger charge is -2.17. The van der Waals surface area contributed by atoms with E-state index in [0.717, 1.165) is 11.1 Å². The van der Waals surface area contributed by atoms with Crippen LogP contribution in [0.3, 0.4) is 0 Å². The van der Waals surface area contributed by atoms with Gasteiger partial charge in [-0.25, -0.2) is 9.59 Å². The van der Waals surface area contributed by atoms with Crippen molar-refractivity contribution in [3.05, 3.63) is 102 Å². The maximum Gasteiger partial charge on any atom is 0.407 e. The molecule has 0 spiro atoms. The van der Waals surface area contributed by atoms with Gasteiger partial charge >= 0.3 is 12.1 Å². The number of aliphatic carboxylic acids is 1. The molecule has 3 aromatic rings. The Morgan fingerprint density at radius 3 is 2.08 bits per heavy atom. The van der Waals surface area contributed by atoms with Crippen molar-refractivity contribution >= 4 is 18.0 Å². The van der Waals surface area contributed by atoms with Gasteiger partial charge in [-0.2, -0.15) is 0 Å². The zero-order valence-electron chi connectivity index (χ0n) is 20.2. The van der Waals surface area contributed by atoms with Crippen molar-refractivity contribution in [1.82, 2.24) is 10.6 Å². The number of rotatable bonds is 13. The first-order chi connectivity index (χ1) is 17.9. The van der Waals surface area contributed by atoms with Gasteiger partial charge in [0.1, 0.15) is 25.0 Å². The highest BCUT2D eigenvalue weighted by molar-refractivity contribution is 5.84. The first kappa shape index (κ1) is 27.2. The number of aliphatic hydroxyl groups is 1. The Morgan fingerprint density at radius 2 is 1.43 bits per heavy atom. The summed E-state index contributed by atoms with van der Waals surface area (Å²) < 4.78 is 10.8. The molecular weight excluding hydrogens is 476 g/mol. The van der Waals surface area contributed by atoms with E-state index >= 15 is 0 Å². The molecule has 0 bridgehead atoms. The van der Waals surface area contributed by atoms with E-state index in [1.165, 1.54) is 0 Å². The third-order valence-corrected chi connectivity index (χ3v) is 5.34. The van der Waals surface area contributed by atoms with Crippen LogP contribution in [0.1, 0.15) is 23.1 Å². The number of carboxylic acids is 1. The molecule has 4 N–H and O–H groups in total. The summed E-state index contributed by atoms with van der Waals surface area (Å²) in [7, 11) is 0. The monoisotopic (exact) mass is 506 g/mol. The van der Waals surface area contributed by atoms with Crippen molar-refractivity contribution in [1.29, 1.82) is 0 Å². The third kappa shape index (κ3) is 10.0. The molecule has 0 aliphatic carbocycles. The van der Waals surface area contributed by atoms with Crippen LogP contribution < -0.4 is 15.4 Å². The minimum absolute atomic E-state index is 0.0315. The van der Waals surface area contributed by atoms with Gasteiger partial charge in [-0.05, 0) is 28.8 Å². The molecule has 37 heavy (non-hydrogen) atoms. The van der Waals surface area contributed by atoms with Crippen LogP contribution in [0.25, 0.3) is 0 Å². The standard InChI is InChI=1S/C28H30N2O7/c31-23(17-29-28(35)37-19-21-10-5-2-6-11-21)16-26(32)30-25(27(33)34)15-22-12-7-13-24(14-22)36-18-20-8-3-1-4-9-20/h1-14,23,25,31H,15-19H2,(H,29,35)(H,30,32)(H,33,34)/t23-,25+/m1/s1. The largest absolute Gasteiger partial charge is 0.489 e. The minimum Gasteiger partial charge on any atom is -0.489 e. The van der Waals surface area contributed by atoms with Gasteiger partial charge in [-0.1, -0.05) is 72.8 Å². The number of carbonyl (C=O) groups excluding carboxylic acids is 2. The molecule has 194 valence electrons. The fourth-order valence-electron chi connectivity index (χ4n) is 3.45. The quantitative estimate of drug-likeness (QED) is 0.280. The predicted molar refractivity (Wildman–Crippen MR) is 136 cm³/mol. The van der Waals surface area contributed by atoms with Gasteiger partial charge in [-0.3, -0.25) is 4.79 Å².